The van der Waals surface area contributed by atoms with Gasteiger partial charge in [0.25, 0.3) is 0 Å². The first-order chi connectivity index (χ1) is 11.7. The summed E-state index contributed by atoms with van der Waals surface area (Å²) >= 11 is 0. The van der Waals surface area contributed by atoms with Gasteiger partial charge in [0, 0.05) is 5.56 Å². The number of nitrogens with zero attached hydrogens (tertiary/aromatic N) is 1. The van der Waals surface area contributed by atoms with Crippen molar-refractivity contribution in [1.29, 1.82) is 0 Å². The van der Waals surface area contributed by atoms with Crippen LogP contribution in [0.4, 0.5) is 0 Å². The van der Waals surface area contributed by atoms with Crippen LogP contribution in [0, 0.1) is 0 Å². The fourth-order valence-electron chi connectivity index (χ4n) is 2.33. The zero-order valence-corrected chi connectivity index (χ0v) is 13.5. The van der Waals surface area contributed by atoms with Crippen LogP contribution in [-0.4, -0.2) is 36.3 Å². The number of para-hydroxylation sites is 2. The van der Waals surface area contributed by atoms with Crippen molar-refractivity contribution in [1.82, 2.24) is 9.97 Å². The Morgan fingerprint density at radius 3 is 2.71 bits per heavy atom. The second kappa shape index (κ2) is 7.04. The third-order valence-corrected chi connectivity index (χ3v) is 3.48. The topological polar surface area (TPSA) is 73.4 Å². The number of benzene rings is 2. The van der Waals surface area contributed by atoms with Gasteiger partial charge in [0.15, 0.2) is 18.1 Å². The summed E-state index contributed by atoms with van der Waals surface area (Å²) in [4.78, 5) is 19.1. The number of hydrogen-bond donors (Lipinski definition) is 1. The van der Waals surface area contributed by atoms with Gasteiger partial charge in [-0.1, -0.05) is 12.1 Å². The number of methoxy groups -OCH3 is 1. The van der Waals surface area contributed by atoms with E-state index in [1.165, 1.54) is 7.11 Å². The normalized spacial score (nSPS) is 10.6. The highest BCUT2D eigenvalue weighted by Gasteiger charge is 2.12. The molecule has 1 N–H and O–H groups in total. The highest BCUT2D eigenvalue weighted by atomic mass is 16.6. The maximum Gasteiger partial charge on any atom is 0.343 e. The largest absolute Gasteiger partial charge is 0.490 e. The summed E-state index contributed by atoms with van der Waals surface area (Å²) in [6.07, 6.45) is 0. The number of carbonyl (C=O) groups is 1. The molecule has 0 aliphatic rings. The number of ether oxygens (including phenoxy) is 3. The molecule has 124 valence electrons. The Labute approximate surface area is 139 Å². The number of aromatic amines is 1. The van der Waals surface area contributed by atoms with Crippen molar-refractivity contribution in [3.63, 3.8) is 0 Å². The second-order valence-electron chi connectivity index (χ2n) is 5.06. The molecule has 1 aromatic heterocycles. The molecule has 0 fully saturated rings. The van der Waals surface area contributed by atoms with Gasteiger partial charge in [-0.05, 0) is 37.3 Å². The Balaban J connectivity index is 1.91. The maximum atomic E-state index is 11.2. The van der Waals surface area contributed by atoms with E-state index in [4.69, 9.17) is 9.47 Å². The summed E-state index contributed by atoms with van der Waals surface area (Å²) in [6, 6.07) is 13.3. The Bertz CT molecular complexity index is 824. The van der Waals surface area contributed by atoms with E-state index in [1.54, 1.807) is 6.07 Å². The lowest BCUT2D eigenvalue weighted by Crippen LogP contribution is -2.13. The summed E-state index contributed by atoms with van der Waals surface area (Å²) in [7, 11) is 1.32. The highest BCUT2D eigenvalue weighted by molar-refractivity contribution is 5.79. The van der Waals surface area contributed by atoms with E-state index in [0.29, 0.717) is 18.1 Å². The van der Waals surface area contributed by atoms with Crippen LogP contribution >= 0.6 is 0 Å². The first kappa shape index (κ1) is 15.9. The molecular weight excluding hydrogens is 308 g/mol. The summed E-state index contributed by atoms with van der Waals surface area (Å²) in [6.45, 7) is 2.21. The summed E-state index contributed by atoms with van der Waals surface area (Å²) in [5, 5.41) is 0. The Morgan fingerprint density at radius 2 is 1.96 bits per heavy atom. The van der Waals surface area contributed by atoms with E-state index < -0.39 is 5.97 Å². The smallest absolute Gasteiger partial charge is 0.343 e. The average Bonchev–Trinajstić information content (AvgIpc) is 3.04. The van der Waals surface area contributed by atoms with E-state index in [-0.39, 0.29) is 6.61 Å². The monoisotopic (exact) mass is 326 g/mol. The SMILES string of the molecule is CCOc1cc(-c2nc3ccccc3[nH]2)ccc1OCC(=O)OC. The van der Waals surface area contributed by atoms with Crippen molar-refractivity contribution in [2.75, 3.05) is 20.3 Å². The molecule has 0 atom stereocenters. The Morgan fingerprint density at radius 1 is 1.12 bits per heavy atom. The number of esters is 1. The van der Waals surface area contributed by atoms with Crippen LogP contribution in [0.2, 0.25) is 0 Å². The van der Waals surface area contributed by atoms with E-state index in [0.717, 1.165) is 22.4 Å². The number of H-pyrrole nitrogens is 1. The lowest BCUT2D eigenvalue weighted by atomic mass is 10.2. The number of carbonyl (C=O) groups excluding carboxylic acids is 1. The summed E-state index contributed by atoms with van der Waals surface area (Å²) in [5.41, 5.74) is 2.74. The molecule has 0 saturated carbocycles. The lowest BCUT2D eigenvalue weighted by molar-refractivity contribution is -0.142. The molecule has 0 bridgehead atoms. The average molecular weight is 326 g/mol. The number of rotatable bonds is 6. The van der Waals surface area contributed by atoms with Gasteiger partial charge in [0.05, 0.1) is 24.8 Å². The second-order valence-corrected chi connectivity index (χ2v) is 5.06. The number of aromatic nitrogens is 2. The van der Waals surface area contributed by atoms with E-state index in [9.17, 15) is 4.79 Å². The third kappa shape index (κ3) is 3.32. The standard InChI is InChI=1S/C18H18N2O4/c1-3-23-16-10-12(8-9-15(16)24-11-17(21)22-2)18-19-13-6-4-5-7-14(13)20-18/h4-10H,3,11H2,1-2H3,(H,19,20). The molecule has 0 amide bonds. The molecule has 0 unspecified atom stereocenters. The minimum Gasteiger partial charge on any atom is -0.490 e. The van der Waals surface area contributed by atoms with Crippen molar-refractivity contribution in [2.45, 2.75) is 6.92 Å². The fraction of sp³-hybridized carbons (Fsp3) is 0.222. The lowest BCUT2D eigenvalue weighted by Gasteiger charge is -2.12. The minimum atomic E-state index is -0.446. The molecule has 0 spiro atoms. The zero-order chi connectivity index (χ0) is 16.9. The number of fused-ring (bicyclic) bond motifs is 1. The van der Waals surface area contributed by atoms with Gasteiger partial charge in [-0.25, -0.2) is 9.78 Å². The van der Waals surface area contributed by atoms with E-state index in [2.05, 4.69) is 14.7 Å². The first-order valence-electron chi connectivity index (χ1n) is 7.63. The number of imidazole rings is 1. The molecule has 6 nitrogen and oxygen atoms in total. The fourth-order valence-corrected chi connectivity index (χ4v) is 2.33. The van der Waals surface area contributed by atoms with E-state index in [1.807, 2.05) is 43.3 Å². The molecule has 1 heterocycles. The van der Waals surface area contributed by atoms with Gasteiger partial charge in [-0.3, -0.25) is 0 Å². The van der Waals surface area contributed by atoms with Crippen LogP contribution in [0.1, 0.15) is 6.92 Å². The predicted octanol–water partition coefficient (Wildman–Crippen LogP) is 3.18. The molecule has 3 rings (SSSR count). The number of nitrogens with one attached hydrogen (secondary N) is 1. The van der Waals surface area contributed by atoms with Crippen molar-refractivity contribution >= 4 is 17.0 Å². The number of hydrogen-bond acceptors (Lipinski definition) is 5. The van der Waals surface area contributed by atoms with Crippen molar-refractivity contribution in [3.8, 4) is 22.9 Å². The van der Waals surface area contributed by atoms with Gasteiger partial charge in [0.1, 0.15) is 5.82 Å². The summed E-state index contributed by atoms with van der Waals surface area (Å²) < 4.78 is 15.7. The predicted molar refractivity (Wildman–Crippen MR) is 90.2 cm³/mol. The van der Waals surface area contributed by atoms with Crippen LogP contribution in [0.3, 0.4) is 0 Å². The summed E-state index contributed by atoms with van der Waals surface area (Å²) in [5.74, 6) is 1.34. The van der Waals surface area contributed by atoms with E-state index >= 15 is 0 Å². The van der Waals surface area contributed by atoms with Crippen LogP contribution in [-0.2, 0) is 9.53 Å². The molecular formula is C18H18N2O4. The molecule has 24 heavy (non-hydrogen) atoms. The molecule has 3 aromatic rings. The Hall–Kier alpha value is -3.02. The highest BCUT2D eigenvalue weighted by Crippen LogP contribution is 2.32. The van der Waals surface area contributed by atoms with Crippen LogP contribution < -0.4 is 9.47 Å². The van der Waals surface area contributed by atoms with Crippen molar-refractivity contribution in [3.05, 3.63) is 42.5 Å². The molecule has 0 aliphatic heterocycles. The van der Waals surface area contributed by atoms with Gasteiger partial charge >= 0.3 is 5.97 Å². The van der Waals surface area contributed by atoms with Crippen LogP contribution in [0.25, 0.3) is 22.4 Å². The molecule has 0 aliphatic carbocycles. The van der Waals surface area contributed by atoms with Crippen LogP contribution in [0.5, 0.6) is 11.5 Å². The molecule has 6 heteroatoms. The molecule has 0 radical (unpaired) electrons. The molecule has 2 aromatic carbocycles. The minimum absolute atomic E-state index is 0.166. The third-order valence-electron chi connectivity index (χ3n) is 3.48. The quantitative estimate of drug-likeness (QED) is 0.704. The molecule has 0 saturated heterocycles. The van der Waals surface area contributed by atoms with Crippen LogP contribution in [0.15, 0.2) is 42.5 Å². The maximum absolute atomic E-state index is 11.2. The van der Waals surface area contributed by atoms with Gasteiger partial charge < -0.3 is 19.2 Å². The zero-order valence-electron chi connectivity index (χ0n) is 13.5. The van der Waals surface area contributed by atoms with Crippen molar-refractivity contribution < 1.29 is 19.0 Å². The Kier molecular flexibility index (Phi) is 4.65. The van der Waals surface area contributed by atoms with Gasteiger partial charge in [-0.2, -0.15) is 0 Å². The van der Waals surface area contributed by atoms with Crippen molar-refractivity contribution in [2.24, 2.45) is 0 Å². The van der Waals surface area contributed by atoms with Gasteiger partial charge in [0.2, 0.25) is 0 Å². The first-order valence-corrected chi connectivity index (χ1v) is 7.63. The van der Waals surface area contributed by atoms with Gasteiger partial charge in [-0.15, -0.1) is 0 Å².